The molecule has 12 nitrogen and oxygen atoms in total. The van der Waals surface area contributed by atoms with E-state index in [4.69, 9.17) is 4.74 Å². The maximum absolute atomic E-state index is 14.1. The minimum Gasteiger partial charge on any atom is -0.870 e. The maximum Gasteiger partial charge on any atom is 1.00 e. The topological polar surface area (TPSA) is 172 Å². The van der Waals surface area contributed by atoms with E-state index in [1.165, 1.54) is 43.9 Å². The molecule has 0 spiro atoms. The fourth-order valence-electron chi connectivity index (χ4n) is 11.9. The van der Waals surface area contributed by atoms with Gasteiger partial charge in [-0.3, -0.25) is 9.59 Å². The van der Waals surface area contributed by atoms with E-state index in [9.17, 15) is 24.3 Å². The average Bonchev–Trinajstić information content (AvgIpc) is 4.06. The average molecular weight is 981 g/mol. The summed E-state index contributed by atoms with van der Waals surface area (Å²) >= 11 is 0. The molecule has 2 aliphatic heterocycles. The van der Waals surface area contributed by atoms with Gasteiger partial charge in [0.2, 0.25) is 11.8 Å². The van der Waals surface area contributed by atoms with Crippen molar-refractivity contribution in [3.8, 4) is 0 Å². The van der Waals surface area contributed by atoms with Crippen molar-refractivity contribution in [1.29, 1.82) is 0 Å². The Bertz CT molecular complexity index is 2200. The van der Waals surface area contributed by atoms with Gasteiger partial charge in [0, 0.05) is 25.2 Å². The van der Waals surface area contributed by atoms with Gasteiger partial charge >= 0.3 is 30.8 Å². The summed E-state index contributed by atoms with van der Waals surface area (Å²) in [5.74, 6) is -0.890. The number of rotatable bonds is 18. The number of likely N-dealkylation sites (tertiary alicyclic amines) is 2. The van der Waals surface area contributed by atoms with Crippen molar-refractivity contribution in [2.45, 2.75) is 139 Å². The molecule has 13 heteroatoms. The van der Waals surface area contributed by atoms with Gasteiger partial charge in [-0.15, -0.1) is 0 Å². The van der Waals surface area contributed by atoms with Crippen molar-refractivity contribution >= 4 is 23.8 Å². The number of esters is 1. The summed E-state index contributed by atoms with van der Waals surface area (Å²) < 4.78 is 5.16. The zero-order valence-electron chi connectivity index (χ0n) is 43.5. The minimum atomic E-state index is -0.885. The Kier molecular flexibility index (Phi) is 25.2. The molecule has 0 bridgehead atoms. The van der Waals surface area contributed by atoms with Crippen LogP contribution < -0.4 is 18.9 Å². The van der Waals surface area contributed by atoms with E-state index >= 15 is 0 Å². The molecule has 2 aliphatic carbocycles. The summed E-state index contributed by atoms with van der Waals surface area (Å²) in [4.78, 5) is 61.2. The number of benzene rings is 4. The number of nitrogens with zero attached hydrogens (tertiary/aromatic N) is 4. The molecular formula is C59H81LiN4O8. The van der Waals surface area contributed by atoms with Crippen molar-refractivity contribution in [2.75, 3.05) is 47.4 Å². The monoisotopic (exact) mass is 981 g/mol. The third-order valence-corrected chi connectivity index (χ3v) is 15.9. The third kappa shape index (κ3) is 16.1. The first-order valence-corrected chi connectivity index (χ1v) is 26.1. The zero-order chi connectivity index (χ0) is 48.5. The van der Waals surface area contributed by atoms with Crippen LogP contribution in [0.2, 0.25) is 0 Å². The Morgan fingerprint density at radius 2 is 0.917 bits per heavy atom. The first-order chi connectivity index (χ1) is 33.6. The summed E-state index contributed by atoms with van der Waals surface area (Å²) in [5, 5.41) is 10.0. The predicted molar refractivity (Wildman–Crippen MR) is 279 cm³/mol. The number of carbonyl (C=O) groups is 4. The van der Waals surface area contributed by atoms with E-state index in [-0.39, 0.29) is 71.5 Å². The molecule has 0 aromatic heterocycles. The van der Waals surface area contributed by atoms with Crippen molar-refractivity contribution in [2.24, 2.45) is 11.8 Å². The van der Waals surface area contributed by atoms with E-state index in [2.05, 4.69) is 84.6 Å². The smallest absolute Gasteiger partial charge is 0.870 e. The Balaban J connectivity index is 0.000000300. The molecule has 2 heterocycles. The van der Waals surface area contributed by atoms with Crippen LogP contribution >= 0.6 is 0 Å². The van der Waals surface area contributed by atoms with Crippen molar-refractivity contribution < 1.29 is 58.8 Å². The van der Waals surface area contributed by atoms with Crippen LogP contribution in [0.25, 0.3) is 0 Å². The molecular weight excluding hydrogens is 900 g/mol. The minimum absolute atomic E-state index is 0. The number of hydrogen-bond acceptors (Lipinski definition) is 8. The molecule has 4 fully saturated rings. The molecule has 386 valence electrons. The first kappa shape index (κ1) is 59.8. The molecule has 2 saturated carbocycles. The molecule has 8 rings (SSSR count). The van der Waals surface area contributed by atoms with Crippen LogP contribution in [-0.4, -0.2) is 131 Å². The number of hydrogen-bond donors (Lipinski definition) is 1. The van der Waals surface area contributed by atoms with Gasteiger partial charge < -0.3 is 40.4 Å². The van der Waals surface area contributed by atoms with Crippen LogP contribution in [-0.2, 0) is 36.8 Å². The second kappa shape index (κ2) is 30.4. The molecule has 72 heavy (non-hydrogen) atoms. The van der Waals surface area contributed by atoms with Gasteiger partial charge in [-0.25, -0.2) is 9.59 Å². The van der Waals surface area contributed by atoms with E-state index in [1.807, 2.05) is 65.6 Å². The summed E-state index contributed by atoms with van der Waals surface area (Å²) in [5.41, 5.74) is 4.77. The Hall–Kier alpha value is -4.80. The summed E-state index contributed by atoms with van der Waals surface area (Å²) in [6.07, 6.45) is 16.6. The fourth-order valence-corrected chi connectivity index (χ4v) is 11.9. The molecule has 2 saturated heterocycles. The number of amides is 2. The van der Waals surface area contributed by atoms with E-state index < -0.39 is 18.1 Å². The number of likely N-dealkylation sites (N-methyl/N-ethyl adjacent to an activating group) is 2. The van der Waals surface area contributed by atoms with Crippen molar-refractivity contribution in [3.05, 3.63) is 144 Å². The summed E-state index contributed by atoms with van der Waals surface area (Å²) in [6.45, 7) is 2.89. The molecule has 0 radical (unpaired) electrons. The van der Waals surface area contributed by atoms with Gasteiger partial charge in [0.1, 0.15) is 12.1 Å². The number of methoxy groups -OCH3 is 1. The molecule has 6 atom stereocenters. The number of aryl methyl sites for hydroxylation is 2. The number of carboxylic acids is 1. The Morgan fingerprint density at radius 3 is 1.28 bits per heavy atom. The van der Waals surface area contributed by atoms with Crippen molar-refractivity contribution in [3.63, 3.8) is 0 Å². The van der Waals surface area contributed by atoms with Crippen molar-refractivity contribution in [1.82, 2.24) is 19.6 Å². The third-order valence-electron chi connectivity index (χ3n) is 15.9. The maximum atomic E-state index is 14.1. The molecule has 4 aromatic rings. The van der Waals surface area contributed by atoms with Gasteiger partial charge in [-0.1, -0.05) is 160 Å². The van der Waals surface area contributed by atoms with E-state index in [0.29, 0.717) is 37.8 Å². The number of carboxylic acid groups (broad SMARTS) is 1. The number of aliphatic carboxylic acids is 1. The summed E-state index contributed by atoms with van der Waals surface area (Å²) in [7, 11) is 5.61. The van der Waals surface area contributed by atoms with E-state index in [1.54, 1.807) is 4.90 Å². The van der Waals surface area contributed by atoms with Crippen LogP contribution in [0.4, 0.5) is 0 Å². The SMILES string of the molecule is CN(CCCc1ccccc1)[C@H]1C[C@@H](C(=O)O)N(C(=O)C(c2ccccc2)C2CCCCC2)C1.COC(=O)[C@@H]1C[C@H](N(C)CCCc2ccccc2)CN1C(=O)C(c1ccccc1)C1CCCCC1.O.[Li+].[OH-]. The van der Waals surface area contributed by atoms with E-state index in [0.717, 1.165) is 88.4 Å². The van der Waals surface area contributed by atoms with Crippen LogP contribution in [0.3, 0.4) is 0 Å². The van der Waals surface area contributed by atoms with Gasteiger partial charge in [0.25, 0.3) is 0 Å². The molecule has 2 amide bonds. The van der Waals surface area contributed by atoms with Gasteiger partial charge in [0.15, 0.2) is 0 Å². The summed E-state index contributed by atoms with van der Waals surface area (Å²) in [6, 6.07) is 40.2. The predicted octanol–water partition coefficient (Wildman–Crippen LogP) is 6.03. The standard InChI is InChI=1S/C30H40N2O3.C29H38N2O3.Li.2H2O/c1-31(20-12-15-23-13-6-3-7-14-23)26-21-27(30(34)35-2)32(22-26)29(33)28(24-16-8-4-9-17-24)25-18-10-5-11-19-25;1-30(19-11-14-22-12-5-2-6-13-22)25-20-26(29(33)34)31(21-25)28(32)27(23-15-7-3-8-16-23)24-17-9-4-10-18-24;;;/h3-4,6-9,13-14,16-17,25-28H,5,10-12,15,18-22H2,1-2H3;2-3,5-8,12-13,15-16,24-27H,4,9-11,14,17-21H2,1H3,(H,33,34);;2*1H2/q;;+1;;/p-1/t26-,27-,28?;25-,26-,27?;;;/m00.../s1. The fraction of sp³-hybridized carbons (Fsp3) is 0.525. The van der Waals surface area contributed by atoms with Crippen LogP contribution in [0.5, 0.6) is 0 Å². The Labute approximate surface area is 441 Å². The first-order valence-electron chi connectivity index (χ1n) is 26.1. The quantitative estimate of drug-likeness (QED) is 0.0924. The molecule has 4 aromatic carbocycles. The number of carbonyl (C=O) groups excluding carboxylic acids is 3. The van der Waals surface area contributed by atoms with Crippen LogP contribution in [0, 0.1) is 11.8 Å². The van der Waals surface area contributed by atoms with Gasteiger partial charge in [0.05, 0.1) is 18.9 Å². The largest absolute Gasteiger partial charge is 1.00 e. The zero-order valence-corrected chi connectivity index (χ0v) is 43.5. The van der Waals surface area contributed by atoms with Gasteiger partial charge in [-0.05, 0) is 125 Å². The second-order valence-corrected chi connectivity index (χ2v) is 20.4. The number of ether oxygens (including phenoxy) is 1. The normalized spacial score (nSPS) is 21.0. The van der Waals surface area contributed by atoms with Crippen LogP contribution in [0.15, 0.2) is 121 Å². The van der Waals surface area contributed by atoms with Crippen LogP contribution in [0.1, 0.15) is 124 Å². The second-order valence-electron chi connectivity index (χ2n) is 20.4. The Morgan fingerprint density at radius 1 is 0.569 bits per heavy atom. The van der Waals surface area contributed by atoms with Gasteiger partial charge in [-0.2, -0.15) is 0 Å². The molecule has 4 aliphatic rings. The molecule has 2 unspecified atom stereocenters. The molecule has 4 N–H and O–H groups in total.